The SMILES string of the molecule is CCN(Cc1nc(COC)no1)C(=O)NC12CC3CC(CC(C3)C1)C2. The first-order chi connectivity index (χ1) is 12.1. The topological polar surface area (TPSA) is 80.5 Å². The minimum absolute atomic E-state index is 0.00376. The summed E-state index contributed by atoms with van der Waals surface area (Å²) in [5, 5.41) is 7.26. The lowest BCUT2D eigenvalue weighted by molar-refractivity contribution is -0.0158. The van der Waals surface area contributed by atoms with Gasteiger partial charge in [0.05, 0.1) is 0 Å². The number of methoxy groups -OCH3 is 1. The van der Waals surface area contributed by atoms with E-state index in [0.717, 1.165) is 37.0 Å². The van der Waals surface area contributed by atoms with Crippen molar-refractivity contribution in [1.29, 1.82) is 0 Å². The molecule has 7 nitrogen and oxygen atoms in total. The number of carbonyl (C=O) groups excluding carboxylic acids is 1. The summed E-state index contributed by atoms with van der Waals surface area (Å²) in [4.78, 5) is 18.9. The van der Waals surface area contributed by atoms with Gasteiger partial charge in [-0.15, -0.1) is 0 Å². The molecule has 138 valence electrons. The zero-order valence-electron chi connectivity index (χ0n) is 15.2. The second-order valence-corrected chi connectivity index (χ2v) is 8.18. The molecule has 0 aromatic carbocycles. The Morgan fingerprint density at radius 2 is 1.92 bits per heavy atom. The average molecular weight is 348 g/mol. The Kier molecular flexibility index (Phi) is 4.43. The van der Waals surface area contributed by atoms with Crippen molar-refractivity contribution in [3.63, 3.8) is 0 Å². The minimum atomic E-state index is -0.00376. The summed E-state index contributed by atoms with van der Waals surface area (Å²) in [5.41, 5.74) is 0.0231. The van der Waals surface area contributed by atoms with Crippen LogP contribution in [0.4, 0.5) is 4.79 Å². The highest BCUT2D eigenvalue weighted by Crippen LogP contribution is 2.55. The molecule has 0 saturated heterocycles. The maximum absolute atomic E-state index is 12.9. The number of hydrogen-bond donors (Lipinski definition) is 1. The van der Waals surface area contributed by atoms with Gasteiger partial charge in [0.15, 0.2) is 5.82 Å². The Morgan fingerprint density at radius 3 is 2.48 bits per heavy atom. The van der Waals surface area contributed by atoms with Gasteiger partial charge in [-0.2, -0.15) is 4.98 Å². The lowest BCUT2D eigenvalue weighted by Gasteiger charge is -2.57. The molecule has 2 amide bonds. The molecular weight excluding hydrogens is 320 g/mol. The van der Waals surface area contributed by atoms with Gasteiger partial charge in [0.25, 0.3) is 0 Å². The number of rotatable bonds is 6. The van der Waals surface area contributed by atoms with E-state index < -0.39 is 0 Å². The van der Waals surface area contributed by atoms with Gasteiger partial charge in [0.2, 0.25) is 5.89 Å². The second-order valence-electron chi connectivity index (χ2n) is 8.18. The molecule has 0 aliphatic heterocycles. The van der Waals surface area contributed by atoms with Crippen LogP contribution in [0.25, 0.3) is 0 Å². The van der Waals surface area contributed by atoms with E-state index >= 15 is 0 Å². The summed E-state index contributed by atoms with van der Waals surface area (Å²) in [5.74, 6) is 3.40. The van der Waals surface area contributed by atoms with Crippen LogP contribution in [0.3, 0.4) is 0 Å². The van der Waals surface area contributed by atoms with Gasteiger partial charge >= 0.3 is 6.03 Å². The summed E-state index contributed by atoms with van der Waals surface area (Å²) in [6, 6.07) is -0.00376. The summed E-state index contributed by atoms with van der Waals surface area (Å²) >= 11 is 0. The van der Waals surface area contributed by atoms with Crippen LogP contribution in [0.1, 0.15) is 57.2 Å². The Morgan fingerprint density at radius 1 is 1.28 bits per heavy atom. The van der Waals surface area contributed by atoms with Crippen LogP contribution < -0.4 is 5.32 Å². The predicted molar refractivity (Wildman–Crippen MR) is 90.5 cm³/mol. The summed E-state index contributed by atoms with van der Waals surface area (Å²) in [7, 11) is 1.59. The maximum atomic E-state index is 12.9. The van der Waals surface area contributed by atoms with Gasteiger partial charge in [-0.05, 0) is 63.2 Å². The number of urea groups is 1. The lowest BCUT2D eigenvalue weighted by Crippen LogP contribution is -2.61. The first-order valence-corrected chi connectivity index (χ1v) is 9.46. The molecule has 4 fully saturated rings. The number of nitrogens with one attached hydrogen (secondary N) is 1. The third kappa shape index (κ3) is 3.38. The smallest absolute Gasteiger partial charge is 0.318 e. The molecule has 4 bridgehead atoms. The van der Waals surface area contributed by atoms with Crippen LogP contribution in [-0.4, -0.2) is 40.3 Å². The molecule has 1 aromatic heterocycles. The van der Waals surface area contributed by atoms with Crippen LogP contribution in [0, 0.1) is 17.8 Å². The lowest BCUT2D eigenvalue weighted by atomic mass is 9.53. The maximum Gasteiger partial charge on any atom is 0.318 e. The van der Waals surface area contributed by atoms with Gasteiger partial charge in [0, 0.05) is 19.2 Å². The molecule has 1 aromatic rings. The molecule has 7 heteroatoms. The average Bonchev–Trinajstić information content (AvgIpc) is 2.98. The fraction of sp³-hybridized carbons (Fsp3) is 0.833. The van der Waals surface area contributed by atoms with Crippen LogP contribution in [0.2, 0.25) is 0 Å². The molecule has 4 aliphatic carbocycles. The molecule has 4 saturated carbocycles. The monoisotopic (exact) mass is 348 g/mol. The summed E-state index contributed by atoms with van der Waals surface area (Å²) in [6.07, 6.45) is 7.58. The minimum Gasteiger partial charge on any atom is -0.377 e. The molecule has 0 unspecified atom stereocenters. The van der Waals surface area contributed by atoms with E-state index in [0.29, 0.717) is 31.4 Å². The quantitative estimate of drug-likeness (QED) is 0.855. The Balaban J connectivity index is 1.40. The molecule has 1 N–H and O–H groups in total. The van der Waals surface area contributed by atoms with E-state index in [1.807, 2.05) is 6.92 Å². The highest BCUT2D eigenvalue weighted by Gasteiger charge is 2.51. The number of hydrogen-bond acceptors (Lipinski definition) is 5. The van der Waals surface area contributed by atoms with Crippen molar-refractivity contribution >= 4 is 6.03 Å². The second kappa shape index (κ2) is 6.59. The first-order valence-electron chi connectivity index (χ1n) is 9.46. The van der Waals surface area contributed by atoms with Crippen molar-refractivity contribution in [2.75, 3.05) is 13.7 Å². The van der Waals surface area contributed by atoms with Crippen LogP contribution in [0.5, 0.6) is 0 Å². The number of nitrogens with zero attached hydrogens (tertiary/aromatic N) is 3. The third-order valence-corrected chi connectivity index (χ3v) is 6.19. The van der Waals surface area contributed by atoms with Crippen molar-refractivity contribution < 1.29 is 14.1 Å². The van der Waals surface area contributed by atoms with E-state index in [9.17, 15) is 4.79 Å². The first kappa shape index (κ1) is 16.8. The van der Waals surface area contributed by atoms with Crippen LogP contribution >= 0.6 is 0 Å². The number of amides is 2. The van der Waals surface area contributed by atoms with Gasteiger partial charge in [-0.25, -0.2) is 4.79 Å². The van der Waals surface area contributed by atoms with Crippen molar-refractivity contribution in [2.24, 2.45) is 17.8 Å². The zero-order valence-corrected chi connectivity index (χ0v) is 15.2. The summed E-state index contributed by atoms with van der Waals surface area (Å²) in [6.45, 7) is 3.24. The summed E-state index contributed by atoms with van der Waals surface area (Å²) < 4.78 is 10.2. The molecule has 25 heavy (non-hydrogen) atoms. The largest absolute Gasteiger partial charge is 0.377 e. The normalized spacial score (nSPS) is 32.8. The van der Waals surface area contributed by atoms with E-state index in [2.05, 4.69) is 15.5 Å². The van der Waals surface area contributed by atoms with Gasteiger partial charge in [0.1, 0.15) is 13.2 Å². The van der Waals surface area contributed by atoms with Crippen molar-refractivity contribution in [3.05, 3.63) is 11.7 Å². The predicted octanol–water partition coefficient (Wildman–Crippen LogP) is 2.72. The highest BCUT2D eigenvalue weighted by atomic mass is 16.5. The number of carbonyl (C=O) groups is 1. The van der Waals surface area contributed by atoms with Crippen molar-refractivity contribution in [1.82, 2.24) is 20.4 Å². The van der Waals surface area contributed by atoms with E-state index in [1.54, 1.807) is 12.0 Å². The molecular formula is C18H28N4O3. The Labute approximate surface area is 148 Å². The van der Waals surface area contributed by atoms with Crippen molar-refractivity contribution in [3.8, 4) is 0 Å². The van der Waals surface area contributed by atoms with E-state index in [-0.39, 0.29) is 11.6 Å². The number of ether oxygens (including phenoxy) is 1. The standard InChI is InChI=1S/C18H28N4O3/c1-3-22(10-16-19-15(11-24-2)21-25-16)17(23)20-18-7-12-4-13(8-18)6-14(5-12)9-18/h12-14H,3-11H2,1-2H3,(H,20,23). The molecule has 4 aliphatic rings. The van der Waals surface area contributed by atoms with Crippen molar-refractivity contribution in [2.45, 2.75) is 64.1 Å². The number of aromatic nitrogens is 2. The van der Waals surface area contributed by atoms with Gasteiger partial charge in [-0.3, -0.25) is 0 Å². The van der Waals surface area contributed by atoms with Crippen LogP contribution in [0.15, 0.2) is 4.52 Å². The molecule has 5 rings (SSSR count). The fourth-order valence-electron chi connectivity index (χ4n) is 5.60. The van der Waals surface area contributed by atoms with Crippen LogP contribution in [-0.2, 0) is 17.9 Å². The molecule has 0 atom stereocenters. The molecule has 0 radical (unpaired) electrons. The van der Waals surface area contributed by atoms with Gasteiger partial charge < -0.3 is 19.5 Å². The zero-order chi connectivity index (χ0) is 17.4. The molecule has 0 spiro atoms. The van der Waals surface area contributed by atoms with E-state index in [4.69, 9.17) is 9.26 Å². The van der Waals surface area contributed by atoms with E-state index in [1.165, 1.54) is 19.3 Å². The van der Waals surface area contributed by atoms with Gasteiger partial charge in [-0.1, -0.05) is 5.16 Å². The Bertz CT molecular complexity index is 594. The third-order valence-electron chi connectivity index (χ3n) is 6.19. The molecule has 1 heterocycles. The Hall–Kier alpha value is -1.63. The fourth-order valence-corrected chi connectivity index (χ4v) is 5.60. The highest BCUT2D eigenvalue weighted by molar-refractivity contribution is 5.75.